The quantitative estimate of drug-likeness (QED) is 0.450. The average Bonchev–Trinajstić information content (AvgIpc) is 2.63. The van der Waals surface area contributed by atoms with Crippen molar-refractivity contribution < 1.29 is 28.6 Å². The number of fused-ring (bicyclic) bond motifs is 1. The van der Waals surface area contributed by atoms with E-state index < -0.39 is 17.9 Å². The summed E-state index contributed by atoms with van der Waals surface area (Å²) in [5.41, 5.74) is 0.880. The summed E-state index contributed by atoms with van der Waals surface area (Å²) in [5, 5.41) is 0.900. The van der Waals surface area contributed by atoms with Crippen molar-refractivity contribution >= 4 is 28.7 Å². The van der Waals surface area contributed by atoms with Crippen molar-refractivity contribution in [1.29, 1.82) is 0 Å². The van der Waals surface area contributed by atoms with Gasteiger partial charge in [0, 0.05) is 35.1 Å². The third kappa shape index (κ3) is 4.05. The molecule has 0 atom stereocenters. The van der Waals surface area contributed by atoms with Gasteiger partial charge in [0.15, 0.2) is 11.5 Å². The summed E-state index contributed by atoms with van der Waals surface area (Å²) in [7, 11) is 0. The van der Waals surface area contributed by atoms with Crippen LogP contribution in [0.4, 0.5) is 0 Å². The monoisotopic (exact) mass is 352 g/mol. The Balaban J connectivity index is 2.77. The standard InChI is InChI=1S/C20H16O6/c1-5-17(21)24-15-11-16(25-18(22)6-2)20(26-19(23)7-3)13-9-8-12(4)10-14(13)15/h5-11H,1-3H2,4H3. The molecule has 0 spiro atoms. The fourth-order valence-corrected chi connectivity index (χ4v) is 2.16. The maximum atomic E-state index is 11.7. The molecule has 0 radical (unpaired) electrons. The number of ether oxygens (including phenoxy) is 3. The van der Waals surface area contributed by atoms with E-state index in [1.54, 1.807) is 18.2 Å². The third-order valence-corrected chi connectivity index (χ3v) is 3.29. The first-order valence-electron chi connectivity index (χ1n) is 7.49. The molecule has 0 N–H and O–H groups in total. The van der Waals surface area contributed by atoms with Crippen molar-refractivity contribution in [2.24, 2.45) is 0 Å². The van der Waals surface area contributed by atoms with Crippen molar-refractivity contribution in [3.8, 4) is 17.2 Å². The Morgan fingerprint density at radius 1 is 0.769 bits per heavy atom. The Morgan fingerprint density at radius 2 is 1.31 bits per heavy atom. The molecule has 0 aliphatic rings. The molecule has 2 aromatic carbocycles. The number of esters is 3. The van der Waals surface area contributed by atoms with Crippen molar-refractivity contribution in [2.75, 3.05) is 0 Å². The minimum Gasteiger partial charge on any atom is -0.423 e. The fourth-order valence-electron chi connectivity index (χ4n) is 2.16. The van der Waals surface area contributed by atoms with Crippen LogP contribution >= 0.6 is 0 Å². The van der Waals surface area contributed by atoms with Gasteiger partial charge in [-0.05, 0) is 13.0 Å². The molecule has 26 heavy (non-hydrogen) atoms. The van der Waals surface area contributed by atoms with E-state index >= 15 is 0 Å². The van der Waals surface area contributed by atoms with Gasteiger partial charge >= 0.3 is 17.9 Å². The minimum atomic E-state index is -0.770. The molecule has 2 aromatic rings. The lowest BCUT2D eigenvalue weighted by Gasteiger charge is -2.15. The summed E-state index contributed by atoms with van der Waals surface area (Å²) < 4.78 is 15.6. The van der Waals surface area contributed by atoms with Gasteiger partial charge in [-0.15, -0.1) is 0 Å². The summed E-state index contributed by atoms with van der Waals surface area (Å²) in [6.45, 7) is 11.9. The Kier molecular flexibility index (Phi) is 5.70. The Labute approximate surface area is 150 Å². The molecule has 6 nitrogen and oxygen atoms in total. The first-order valence-corrected chi connectivity index (χ1v) is 7.49. The summed E-state index contributed by atoms with van der Waals surface area (Å²) >= 11 is 0. The Hall–Kier alpha value is -3.67. The average molecular weight is 352 g/mol. The SMILES string of the molecule is C=CC(=O)Oc1cc(OC(=O)C=C)c2cc(C)ccc2c1OC(=O)C=C. The highest BCUT2D eigenvalue weighted by atomic mass is 16.6. The number of hydrogen-bond donors (Lipinski definition) is 0. The smallest absolute Gasteiger partial charge is 0.335 e. The highest BCUT2D eigenvalue weighted by Crippen LogP contribution is 2.42. The normalized spacial score (nSPS) is 9.88. The lowest BCUT2D eigenvalue weighted by atomic mass is 10.0. The number of rotatable bonds is 6. The van der Waals surface area contributed by atoms with E-state index in [1.165, 1.54) is 6.07 Å². The molecule has 0 aliphatic heterocycles. The fraction of sp³-hybridized carbons (Fsp3) is 0.0500. The Morgan fingerprint density at radius 3 is 1.88 bits per heavy atom. The van der Waals surface area contributed by atoms with Crippen LogP contribution in [0, 0.1) is 6.92 Å². The van der Waals surface area contributed by atoms with Gasteiger partial charge < -0.3 is 14.2 Å². The van der Waals surface area contributed by atoms with Crippen LogP contribution in [0.3, 0.4) is 0 Å². The van der Waals surface area contributed by atoms with Gasteiger partial charge in [-0.25, -0.2) is 14.4 Å². The van der Waals surface area contributed by atoms with Crippen LogP contribution in [0.2, 0.25) is 0 Å². The van der Waals surface area contributed by atoms with Gasteiger partial charge in [0.05, 0.1) is 0 Å². The van der Waals surface area contributed by atoms with Crippen molar-refractivity contribution in [3.63, 3.8) is 0 Å². The maximum Gasteiger partial charge on any atom is 0.335 e. The topological polar surface area (TPSA) is 78.9 Å². The maximum absolute atomic E-state index is 11.7. The van der Waals surface area contributed by atoms with E-state index in [2.05, 4.69) is 19.7 Å². The molecule has 0 fully saturated rings. The zero-order valence-electron chi connectivity index (χ0n) is 14.1. The highest BCUT2D eigenvalue weighted by Gasteiger charge is 2.20. The molecule has 132 valence electrons. The second-order valence-corrected chi connectivity index (χ2v) is 5.13. The first-order chi connectivity index (χ1) is 12.4. The second-order valence-electron chi connectivity index (χ2n) is 5.13. The van der Waals surface area contributed by atoms with Crippen LogP contribution in [-0.2, 0) is 14.4 Å². The second kappa shape index (κ2) is 7.94. The van der Waals surface area contributed by atoms with Crippen molar-refractivity contribution in [2.45, 2.75) is 6.92 Å². The zero-order chi connectivity index (χ0) is 19.3. The lowest BCUT2D eigenvalue weighted by molar-refractivity contribution is -0.131. The Bertz CT molecular complexity index is 939. The van der Waals surface area contributed by atoms with Gasteiger partial charge in [0.25, 0.3) is 0 Å². The molecular weight excluding hydrogens is 336 g/mol. The molecule has 0 saturated heterocycles. The molecule has 0 amide bonds. The number of carbonyl (C=O) groups is 3. The third-order valence-electron chi connectivity index (χ3n) is 3.29. The van der Waals surface area contributed by atoms with E-state index in [-0.39, 0.29) is 17.2 Å². The molecular formula is C20H16O6. The van der Waals surface area contributed by atoms with Crippen LogP contribution in [0.1, 0.15) is 5.56 Å². The number of benzene rings is 2. The highest BCUT2D eigenvalue weighted by molar-refractivity contribution is 6.01. The molecule has 6 heteroatoms. The molecule has 0 unspecified atom stereocenters. The van der Waals surface area contributed by atoms with E-state index in [1.807, 2.05) is 6.92 Å². The molecule has 0 aliphatic carbocycles. The first kappa shape index (κ1) is 18.7. The summed E-state index contributed by atoms with van der Waals surface area (Å²) in [4.78, 5) is 35.0. The molecule has 2 rings (SSSR count). The van der Waals surface area contributed by atoms with Gasteiger partial charge in [-0.1, -0.05) is 37.4 Å². The predicted molar refractivity (Wildman–Crippen MR) is 96.2 cm³/mol. The van der Waals surface area contributed by atoms with Gasteiger partial charge in [-0.3, -0.25) is 0 Å². The molecule has 0 aromatic heterocycles. The van der Waals surface area contributed by atoms with Crippen molar-refractivity contribution in [1.82, 2.24) is 0 Å². The largest absolute Gasteiger partial charge is 0.423 e. The predicted octanol–water partition coefficient (Wildman–Crippen LogP) is 3.42. The van der Waals surface area contributed by atoms with Crippen LogP contribution in [-0.4, -0.2) is 17.9 Å². The zero-order valence-corrected chi connectivity index (χ0v) is 14.1. The van der Waals surface area contributed by atoms with E-state index in [0.717, 1.165) is 23.8 Å². The van der Waals surface area contributed by atoms with Crippen LogP contribution in [0.25, 0.3) is 10.8 Å². The molecule has 0 heterocycles. The van der Waals surface area contributed by atoms with Gasteiger partial charge in [-0.2, -0.15) is 0 Å². The lowest BCUT2D eigenvalue weighted by Crippen LogP contribution is -2.10. The van der Waals surface area contributed by atoms with Gasteiger partial charge in [0.2, 0.25) is 0 Å². The summed E-state index contributed by atoms with van der Waals surface area (Å²) in [5.74, 6) is -2.18. The van der Waals surface area contributed by atoms with E-state index in [0.29, 0.717) is 10.8 Å². The summed E-state index contributed by atoms with van der Waals surface area (Å²) in [6, 6.07) is 6.46. The van der Waals surface area contributed by atoms with E-state index in [9.17, 15) is 14.4 Å². The minimum absolute atomic E-state index is 0.00139. The van der Waals surface area contributed by atoms with Crippen LogP contribution in [0.15, 0.2) is 62.2 Å². The van der Waals surface area contributed by atoms with E-state index in [4.69, 9.17) is 14.2 Å². The molecule has 0 bridgehead atoms. The number of carbonyl (C=O) groups excluding carboxylic acids is 3. The number of hydrogen-bond acceptors (Lipinski definition) is 6. The van der Waals surface area contributed by atoms with Gasteiger partial charge in [0.1, 0.15) is 5.75 Å². The van der Waals surface area contributed by atoms with Crippen LogP contribution < -0.4 is 14.2 Å². The summed E-state index contributed by atoms with van der Waals surface area (Å²) in [6.07, 6.45) is 2.93. The van der Waals surface area contributed by atoms with Crippen molar-refractivity contribution in [3.05, 3.63) is 67.8 Å². The molecule has 0 saturated carbocycles. The van der Waals surface area contributed by atoms with Crippen LogP contribution in [0.5, 0.6) is 17.2 Å². The number of aryl methyl sites for hydroxylation is 1.